The lowest BCUT2D eigenvalue weighted by atomic mass is 9.89. The van der Waals surface area contributed by atoms with Gasteiger partial charge in [0.05, 0.1) is 18.8 Å². The molecule has 0 fully saturated rings. The molecular formula is C20H34O3. The third-order valence-corrected chi connectivity index (χ3v) is 4.16. The Bertz CT molecular complexity index is 482. The van der Waals surface area contributed by atoms with Crippen LogP contribution in [0.1, 0.15) is 69.6 Å². The van der Waals surface area contributed by atoms with Crippen LogP contribution in [0.4, 0.5) is 0 Å². The summed E-state index contributed by atoms with van der Waals surface area (Å²) in [6, 6.07) is 4.28. The lowest BCUT2D eigenvalue weighted by Crippen LogP contribution is -2.27. The maximum Gasteiger partial charge on any atom is 0.125 e. The third-order valence-electron chi connectivity index (χ3n) is 4.16. The minimum absolute atomic E-state index is 0.136. The Labute approximate surface area is 141 Å². The summed E-state index contributed by atoms with van der Waals surface area (Å²) >= 11 is 0. The van der Waals surface area contributed by atoms with E-state index in [-0.39, 0.29) is 5.92 Å². The smallest absolute Gasteiger partial charge is 0.125 e. The first kappa shape index (κ1) is 20.0. The van der Waals surface area contributed by atoms with E-state index in [1.807, 2.05) is 6.92 Å². The van der Waals surface area contributed by atoms with E-state index >= 15 is 0 Å². The number of aryl methyl sites for hydroxylation is 2. The van der Waals surface area contributed by atoms with Crippen molar-refractivity contribution in [1.29, 1.82) is 0 Å². The Balaban J connectivity index is 2.95. The molecule has 132 valence electrons. The second-order valence-corrected chi connectivity index (χ2v) is 7.27. The minimum atomic E-state index is -0.691. The number of rotatable bonds is 9. The quantitative estimate of drug-likeness (QED) is 0.710. The van der Waals surface area contributed by atoms with Crippen molar-refractivity contribution in [2.45, 2.75) is 78.9 Å². The Hall–Kier alpha value is -1.06. The molecule has 0 aliphatic rings. The SMILES string of the molecule is CCCC(O)C(O)CC(C)c1cc(C)cc(C)c1OCC(C)C. The molecule has 0 aromatic heterocycles. The van der Waals surface area contributed by atoms with Gasteiger partial charge in [-0.15, -0.1) is 0 Å². The van der Waals surface area contributed by atoms with Crippen molar-refractivity contribution in [3.8, 4) is 5.75 Å². The van der Waals surface area contributed by atoms with Gasteiger partial charge in [-0.3, -0.25) is 0 Å². The van der Waals surface area contributed by atoms with Gasteiger partial charge >= 0.3 is 0 Å². The number of benzene rings is 1. The van der Waals surface area contributed by atoms with E-state index in [0.717, 1.165) is 23.3 Å². The molecule has 3 nitrogen and oxygen atoms in total. The molecule has 0 amide bonds. The van der Waals surface area contributed by atoms with Crippen LogP contribution in [-0.4, -0.2) is 29.0 Å². The van der Waals surface area contributed by atoms with E-state index in [4.69, 9.17) is 4.74 Å². The molecule has 0 bridgehead atoms. The van der Waals surface area contributed by atoms with Gasteiger partial charge in [0.15, 0.2) is 0 Å². The fourth-order valence-corrected chi connectivity index (χ4v) is 2.93. The minimum Gasteiger partial charge on any atom is -0.493 e. The summed E-state index contributed by atoms with van der Waals surface area (Å²) in [4.78, 5) is 0. The normalized spacial score (nSPS) is 15.5. The summed E-state index contributed by atoms with van der Waals surface area (Å²) in [5.41, 5.74) is 3.46. The predicted molar refractivity (Wildman–Crippen MR) is 96.2 cm³/mol. The molecule has 0 saturated heterocycles. The number of hydrogen-bond acceptors (Lipinski definition) is 3. The summed E-state index contributed by atoms with van der Waals surface area (Å²) in [6.45, 7) is 13.2. The van der Waals surface area contributed by atoms with Gasteiger partial charge in [-0.25, -0.2) is 0 Å². The molecule has 1 rings (SSSR count). The first-order valence-electron chi connectivity index (χ1n) is 8.86. The molecule has 0 radical (unpaired) electrons. The van der Waals surface area contributed by atoms with E-state index in [1.54, 1.807) is 0 Å². The molecule has 1 aromatic rings. The summed E-state index contributed by atoms with van der Waals surface area (Å²) in [6.07, 6.45) is 0.718. The van der Waals surface area contributed by atoms with E-state index in [9.17, 15) is 10.2 Å². The van der Waals surface area contributed by atoms with Gasteiger partial charge in [-0.1, -0.05) is 51.8 Å². The van der Waals surface area contributed by atoms with Gasteiger partial charge in [-0.05, 0) is 49.7 Å². The fourth-order valence-electron chi connectivity index (χ4n) is 2.93. The Morgan fingerprint density at radius 3 is 2.26 bits per heavy atom. The number of aliphatic hydroxyl groups is 2. The highest BCUT2D eigenvalue weighted by Gasteiger charge is 2.22. The maximum atomic E-state index is 10.2. The van der Waals surface area contributed by atoms with E-state index < -0.39 is 12.2 Å². The monoisotopic (exact) mass is 322 g/mol. The van der Waals surface area contributed by atoms with Crippen LogP contribution in [0, 0.1) is 19.8 Å². The molecule has 1 aromatic carbocycles. The third kappa shape index (κ3) is 6.15. The van der Waals surface area contributed by atoms with Crippen LogP contribution in [0.25, 0.3) is 0 Å². The number of hydrogen-bond donors (Lipinski definition) is 2. The van der Waals surface area contributed by atoms with Crippen molar-refractivity contribution >= 4 is 0 Å². The van der Waals surface area contributed by atoms with Crippen LogP contribution in [0.5, 0.6) is 5.75 Å². The molecule has 2 N–H and O–H groups in total. The molecule has 3 heteroatoms. The van der Waals surface area contributed by atoms with Crippen LogP contribution in [0.3, 0.4) is 0 Å². The molecule has 0 saturated carbocycles. The summed E-state index contributed by atoms with van der Waals surface area (Å²) in [7, 11) is 0. The van der Waals surface area contributed by atoms with Gasteiger partial charge in [0.2, 0.25) is 0 Å². The van der Waals surface area contributed by atoms with E-state index in [1.165, 1.54) is 5.56 Å². The number of ether oxygens (including phenoxy) is 1. The Morgan fingerprint density at radius 1 is 1.04 bits per heavy atom. The summed E-state index contributed by atoms with van der Waals surface area (Å²) < 4.78 is 6.05. The zero-order valence-corrected chi connectivity index (χ0v) is 15.6. The van der Waals surface area contributed by atoms with Gasteiger partial charge in [0.25, 0.3) is 0 Å². The molecule has 0 spiro atoms. The molecule has 0 heterocycles. The van der Waals surface area contributed by atoms with Crippen molar-refractivity contribution in [2.75, 3.05) is 6.61 Å². The van der Waals surface area contributed by atoms with Crippen molar-refractivity contribution in [3.63, 3.8) is 0 Å². The summed E-state index contributed by atoms with van der Waals surface area (Å²) in [5, 5.41) is 20.2. The van der Waals surface area contributed by atoms with E-state index in [2.05, 4.69) is 46.8 Å². The Kier molecular flexibility index (Phi) is 8.07. The van der Waals surface area contributed by atoms with Crippen molar-refractivity contribution in [2.24, 2.45) is 5.92 Å². The first-order valence-corrected chi connectivity index (χ1v) is 8.86. The van der Waals surface area contributed by atoms with Gasteiger partial charge in [-0.2, -0.15) is 0 Å². The standard InChI is InChI=1S/C20H34O3/c1-7-8-18(21)19(22)11-15(5)17-10-14(4)9-16(6)20(17)23-12-13(2)3/h9-10,13,15,18-19,21-22H,7-8,11-12H2,1-6H3. The van der Waals surface area contributed by atoms with Crippen molar-refractivity contribution in [3.05, 3.63) is 28.8 Å². The highest BCUT2D eigenvalue weighted by molar-refractivity contribution is 5.45. The van der Waals surface area contributed by atoms with Crippen LogP contribution >= 0.6 is 0 Å². The van der Waals surface area contributed by atoms with E-state index in [0.29, 0.717) is 25.4 Å². The van der Waals surface area contributed by atoms with Crippen LogP contribution in [0.2, 0.25) is 0 Å². The molecule has 0 aliphatic heterocycles. The van der Waals surface area contributed by atoms with Crippen molar-refractivity contribution < 1.29 is 14.9 Å². The fraction of sp³-hybridized carbons (Fsp3) is 0.700. The molecule has 23 heavy (non-hydrogen) atoms. The largest absolute Gasteiger partial charge is 0.493 e. The molecule has 3 unspecified atom stereocenters. The molecular weight excluding hydrogens is 288 g/mol. The van der Waals surface area contributed by atoms with Crippen LogP contribution in [-0.2, 0) is 0 Å². The van der Waals surface area contributed by atoms with Gasteiger partial charge < -0.3 is 14.9 Å². The van der Waals surface area contributed by atoms with Gasteiger partial charge in [0, 0.05) is 0 Å². The van der Waals surface area contributed by atoms with Crippen LogP contribution < -0.4 is 4.74 Å². The van der Waals surface area contributed by atoms with Crippen molar-refractivity contribution in [1.82, 2.24) is 0 Å². The van der Waals surface area contributed by atoms with Gasteiger partial charge in [0.1, 0.15) is 5.75 Å². The average molecular weight is 322 g/mol. The van der Waals surface area contributed by atoms with Crippen LogP contribution in [0.15, 0.2) is 12.1 Å². The highest BCUT2D eigenvalue weighted by atomic mass is 16.5. The second kappa shape index (κ2) is 9.29. The molecule has 0 aliphatic carbocycles. The first-order chi connectivity index (χ1) is 10.8. The highest BCUT2D eigenvalue weighted by Crippen LogP contribution is 2.34. The average Bonchev–Trinajstić information content (AvgIpc) is 2.45. The lowest BCUT2D eigenvalue weighted by Gasteiger charge is -2.24. The number of aliphatic hydroxyl groups excluding tert-OH is 2. The zero-order valence-electron chi connectivity index (χ0n) is 15.6. The summed E-state index contributed by atoms with van der Waals surface area (Å²) in [5.74, 6) is 1.54. The second-order valence-electron chi connectivity index (χ2n) is 7.27. The lowest BCUT2D eigenvalue weighted by molar-refractivity contribution is 0.00624. The maximum absolute atomic E-state index is 10.2. The predicted octanol–water partition coefficient (Wildman–Crippen LogP) is 4.35. The zero-order chi connectivity index (χ0) is 17.6. The molecule has 3 atom stereocenters. The Morgan fingerprint density at radius 2 is 1.70 bits per heavy atom. The topological polar surface area (TPSA) is 49.7 Å².